The van der Waals surface area contributed by atoms with Crippen molar-refractivity contribution in [3.8, 4) is 6.07 Å². The van der Waals surface area contributed by atoms with Gasteiger partial charge >= 0.3 is 0 Å². The second-order valence-electron chi connectivity index (χ2n) is 2.75. The number of aromatic nitrogens is 2. The number of nitrogens with zero attached hydrogens (tertiary/aromatic N) is 3. The molecule has 1 aromatic rings. The van der Waals surface area contributed by atoms with Crippen LogP contribution in [0.1, 0.15) is 25.3 Å². The number of hydrogen-bond donors (Lipinski definition) is 0. The van der Waals surface area contributed by atoms with Gasteiger partial charge in [-0.1, -0.05) is 18.3 Å². The molecule has 1 aromatic heterocycles. The van der Waals surface area contributed by atoms with Gasteiger partial charge < -0.3 is 0 Å². The summed E-state index contributed by atoms with van der Waals surface area (Å²) in [6, 6.07) is 1.76. The van der Waals surface area contributed by atoms with Crippen molar-refractivity contribution in [2.75, 3.05) is 0 Å². The molecule has 0 aliphatic carbocycles. The van der Waals surface area contributed by atoms with Crippen LogP contribution in [-0.4, -0.2) is 23.9 Å². The molecule has 7 heteroatoms. The van der Waals surface area contributed by atoms with Gasteiger partial charge in [-0.15, -0.1) is 10.2 Å². The third kappa shape index (κ3) is 1.91. The molecule has 0 aromatic carbocycles. The molecule has 1 rings (SSSR count). The highest BCUT2D eigenvalue weighted by atomic mass is 32.2. The van der Waals surface area contributed by atoms with Crippen LogP contribution in [0.25, 0.3) is 0 Å². The van der Waals surface area contributed by atoms with E-state index in [1.165, 1.54) is 0 Å². The van der Waals surface area contributed by atoms with Gasteiger partial charge in [0.25, 0.3) is 0 Å². The lowest BCUT2D eigenvalue weighted by atomic mass is 10.4. The maximum absolute atomic E-state index is 11.7. The lowest BCUT2D eigenvalue weighted by Crippen LogP contribution is -2.16. The standard InChI is InChI=1S/C7H9N3O2S2/c1-3-5(2)14(11,12)7-10-9-6(4-8)13-7/h5H,3H2,1-2H3. The molecule has 1 heterocycles. The van der Waals surface area contributed by atoms with Crippen molar-refractivity contribution >= 4 is 21.2 Å². The van der Waals surface area contributed by atoms with E-state index in [1.807, 2.05) is 0 Å². The molecule has 0 radical (unpaired) electrons. The summed E-state index contributed by atoms with van der Waals surface area (Å²) in [5, 5.41) is 15.0. The molecule has 1 unspecified atom stereocenters. The minimum Gasteiger partial charge on any atom is -0.221 e. The Hall–Kier alpha value is -1.00. The van der Waals surface area contributed by atoms with Gasteiger partial charge in [0.05, 0.1) is 5.25 Å². The fourth-order valence-corrected chi connectivity index (χ4v) is 3.27. The SMILES string of the molecule is CCC(C)S(=O)(=O)c1nnc(C#N)s1. The molecule has 14 heavy (non-hydrogen) atoms. The van der Waals surface area contributed by atoms with Crippen molar-refractivity contribution < 1.29 is 8.42 Å². The number of rotatable bonds is 3. The molecular weight excluding hydrogens is 222 g/mol. The van der Waals surface area contributed by atoms with E-state index in [9.17, 15) is 8.42 Å². The zero-order valence-corrected chi connectivity index (χ0v) is 9.39. The predicted molar refractivity (Wildman–Crippen MR) is 51.6 cm³/mol. The minimum atomic E-state index is -3.38. The third-order valence-corrected chi connectivity index (χ3v) is 5.38. The van der Waals surface area contributed by atoms with Gasteiger partial charge in [0, 0.05) is 0 Å². The Morgan fingerprint density at radius 3 is 2.64 bits per heavy atom. The number of hydrogen-bond acceptors (Lipinski definition) is 6. The predicted octanol–water partition coefficient (Wildman–Crippen LogP) is 0.982. The third-order valence-electron chi connectivity index (χ3n) is 1.85. The van der Waals surface area contributed by atoms with E-state index in [1.54, 1.807) is 19.9 Å². The van der Waals surface area contributed by atoms with Crippen molar-refractivity contribution in [1.82, 2.24) is 10.2 Å². The van der Waals surface area contributed by atoms with Gasteiger partial charge in [-0.25, -0.2) is 8.42 Å². The summed E-state index contributed by atoms with van der Waals surface area (Å²) < 4.78 is 23.3. The second kappa shape index (κ2) is 4.02. The average Bonchev–Trinajstić information content (AvgIpc) is 2.65. The molecule has 0 aliphatic rings. The molecule has 0 aliphatic heterocycles. The smallest absolute Gasteiger partial charge is 0.221 e. The van der Waals surface area contributed by atoms with Crippen LogP contribution in [-0.2, 0) is 9.84 Å². The average molecular weight is 231 g/mol. The zero-order chi connectivity index (χ0) is 10.8. The Balaban J connectivity index is 3.12. The molecule has 5 nitrogen and oxygen atoms in total. The second-order valence-corrected chi connectivity index (χ2v) is 6.27. The highest BCUT2D eigenvalue weighted by Crippen LogP contribution is 2.21. The van der Waals surface area contributed by atoms with Gasteiger partial charge in [0.2, 0.25) is 19.2 Å². The quantitative estimate of drug-likeness (QED) is 0.774. The Labute approximate surface area is 86.3 Å². The maximum atomic E-state index is 11.7. The van der Waals surface area contributed by atoms with E-state index < -0.39 is 15.1 Å². The Morgan fingerprint density at radius 2 is 2.21 bits per heavy atom. The van der Waals surface area contributed by atoms with Crippen molar-refractivity contribution in [3.63, 3.8) is 0 Å². The van der Waals surface area contributed by atoms with E-state index in [2.05, 4.69) is 10.2 Å². The Morgan fingerprint density at radius 1 is 1.57 bits per heavy atom. The van der Waals surface area contributed by atoms with Gasteiger partial charge in [-0.05, 0) is 13.3 Å². The van der Waals surface area contributed by atoms with Gasteiger partial charge in [-0.2, -0.15) is 5.26 Å². The summed E-state index contributed by atoms with van der Waals surface area (Å²) in [6.07, 6.45) is 0.518. The van der Waals surface area contributed by atoms with E-state index in [0.717, 1.165) is 11.3 Å². The highest BCUT2D eigenvalue weighted by Gasteiger charge is 2.26. The van der Waals surface area contributed by atoms with Crippen molar-refractivity contribution in [1.29, 1.82) is 5.26 Å². The first-order chi connectivity index (χ1) is 6.52. The first kappa shape index (κ1) is 11.1. The van der Waals surface area contributed by atoms with Crippen molar-refractivity contribution in [2.45, 2.75) is 29.9 Å². The molecule has 0 saturated heterocycles. The van der Waals surface area contributed by atoms with Crippen LogP contribution in [0.4, 0.5) is 0 Å². The van der Waals surface area contributed by atoms with E-state index >= 15 is 0 Å². The summed E-state index contributed by atoms with van der Waals surface area (Å²) in [5.41, 5.74) is 0. The summed E-state index contributed by atoms with van der Waals surface area (Å²) in [7, 11) is -3.38. The largest absolute Gasteiger partial charge is 0.233 e. The maximum Gasteiger partial charge on any atom is 0.233 e. The van der Waals surface area contributed by atoms with Crippen LogP contribution in [0.2, 0.25) is 0 Å². The Bertz CT molecular complexity index is 458. The fraction of sp³-hybridized carbons (Fsp3) is 0.571. The molecule has 0 amide bonds. The summed E-state index contributed by atoms with van der Waals surface area (Å²) in [6.45, 7) is 3.40. The van der Waals surface area contributed by atoms with Crippen LogP contribution in [0.5, 0.6) is 0 Å². The van der Waals surface area contributed by atoms with E-state index in [0.29, 0.717) is 6.42 Å². The molecule has 0 N–H and O–H groups in total. The van der Waals surface area contributed by atoms with Crippen molar-refractivity contribution in [2.24, 2.45) is 0 Å². The lowest BCUT2D eigenvalue weighted by Gasteiger charge is -2.05. The van der Waals surface area contributed by atoms with Crippen LogP contribution in [0, 0.1) is 11.3 Å². The van der Waals surface area contributed by atoms with E-state index in [-0.39, 0.29) is 9.35 Å². The topological polar surface area (TPSA) is 83.7 Å². The van der Waals surface area contributed by atoms with Crippen LogP contribution in [0.15, 0.2) is 4.34 Å². The lowest BCUT2D eigenvalue weighted by molar-refractivity contribution is 0.579. The molecule has 0 spiro atoms. The first-order valence-electron chi connectivity index (χ1n) is 3.99. The summed E-state index contributed by atoms with van der Waals surface area (Å²) in [4.78, 5) is 0. The summed E-state index contributed by atoms with van der Waals surface area (Å²) >= 11 is 0.812. The molecular formula is C7H9N3O2S2. The number of sulfone groups is 1. The summed E-state index contributed by atoms with van der Waals surface area (Å²) in [5.74, 6) is 0. The van der Waals surface area contributed by atoms with E-state index in [4.69, 9.17) is 5.26 Å². The minimum absolute atomic E-state index is 0.0663. The molecule has 1 atom stereocenters. The highest BCUT2D eigenvalue weighted by molar-refractivity contribution is 7.93. The molecule has 76 valence electrons. The van der Waals surface area contributed by atoms with Gasteiger partial charge in [0.15, 0.2) is 0 Å². The van der Waals surface area contributed by atoms with Crippen molar-refractivity contribution in [3.05, 3.63) is 5.01 Å². The molecule has 0 saturated carbocycles. The number of nitriles is 1. The normalized spacial score (nSPS) is 13.5. The fourth-order valence-electron chi connectivity index (χ4n) is 0.761. The Kier molecular flexibility index (Phi) is 3.18. The van der Waals surface area contributed by atoms with Crippen LogP contribution < -0.4 is 0 Å². The monoisotopic (exact) mass is 231 g/mol. The molecule has 0 fully saturated rings. The zero-order valence-electron chi connectivity index (χ0n) is 7.76. The van der Waals surface area contributed by atoms with Crippen LogP contribution in [0.3, 0.4) is 0 Å². The van der Waals surface area contributed by atoms with Gasteiger partial charge in [0.1, 0.15) is 6.07 Å². The van der Waals surface area contributed by atoms with Gasteiger partial charge in [-0.3, -0.25) is 0 Å². The first-order valence-corrected chi connectivity index (χ1v) is 6.36. The van der Waals surface area contributed by atoms with Crippen LogP contribution >= 0.6 is 11.3 Å². The molecule has 0 bridgehead atoms.